The second-order valence-corrected chi connectivity index (χ2v) is 29.6. The summed E-state index contributed by atoms with van der Waals surface area (Å²) in [4.78, 5) is 182. The van der Waals surface area contributed by atoms with Crippen LogP contribution in [0.25, 0.3) is 0 Å². The minimum absolute atomic E-state index is 0.00454. The second kappa shape index (κ2) is 35.6. The molecule has 8 rings (SSSR count). The van der Waals surface area contributed by atoms with Crippen molar-refractivity contribution in [1.29, 1.82) is 0 Å². The van der Waals surface area contributed by atoms with E-state index in [4.69, 9.17) is 34.2 Å². The number of primary amides is 1. The van der Waals surface area contributed by atoms with Crippen molar-refractivity contribution >= 4 is 82.8 Å². The lowest BCUT2D eigenvalue weighted by atomic mass is 9.41. The van der Waals surface area contributed by atoms with Crippen molar-refractivity contribution in [2.24, 2.45) is 40.2 Å². The van der Waals surface area contributed by atoms with Gasteiger partial charge in [-0.2, -0.15) is 0 Å². The lowest BCUT2D eigenvalue weighted by Gasteiger charge is -2.68. The van der Waals surface area contributed by atoms with Gasteiger partial charge in [0.25, 0.3) is 5.91 Å². The van der Waals surface area contributed by atoms with Gasteiger partial charge in [0.1, 0.15) is 42.8 Å². The van der Waals surface area contributed by atoms with Crippen LogP contribution in [0.2, 0.25) is 0 Å². The van der Waals surface area contributed by atoms with E-state index in [0.29, 0.717) is 16.8 Å². The Bertz CT molecular complexity index is 4020. The standard InChI is InChI=1S/C79H100N8O21/c1-44(2)56(90)34-35-61(92)84-63(45(3)4)71(97)83-55(29-22-36-81-73(80)99)70(96)82-53-32-30-49(31-33-53)42-103-74(100)86(11)37-38-87(12)75(101)107-59-40-60-78(43-104-60,108-48(7)89)67-54(39-57(91)50-23-16-13-17-24-50)79(102)41-58(46(5)62(76(79,8)9)66(105-47(6)88)68(94)77(59,67)10)106-72(98)65(93)64(51-25-18-14-19-26-51)85-69(95)52-27-20-15-21-28-52/h13-21,23-28,30-33,44-45,54-55,58-60,63-67,93,102H,22,29,34-43H2,1-12H3,(H,82,96)(H,83,97)(H,84,92)(H,85,95)(H3,80,81,99)/t54-,55-,58-,59-,60+,63-,64-,65+,66+,67-,77+,78-,79+/m0/s1. The van der Waals surface area contributed by atoms with Gasteiger partial charge in [-0.1, -0.05) is 133 Å². The Hall–Kier alpha value is -10.4. The third kappa shape index (κ3) is 18.9. The molecule has 3 aliphatic carbocycles. The zero-order valence-electron chi connectivity index (χ0n) is 63.0. The molecule has 1 heterocycles. The molecular formula is C79H100N8O21. The van der Waals surface area contributed by atoms with Gasteiger partial charge in [0.15, 0.2) is 29.4 Å². The first kappa shape index (κ1) is 83.3. The maximum absolute atomic E-state index is 16.7. The number of likely N-dealkylation sites (N-methyl/N-ethyl adjacent to an activating group) is 2. The fraction of sp³-hybridized carbons (Fsp3) is 0.506. The van der Waals surface area contributed by atoms with E-state index in [1.54, 1.807) is 145 Å². The van der Waals surface area contributed by atoms with Crippen LogP contribution in [0, 0.1) is 34.5 Å². The molecule has 4 aliphatic rings. The number of fused-ring (bicyclic) bond motifs is 5. The highest BCUT2D eigenvalue weighted by atomic mass is 16.6. The highest BCUT2D eigenvalue weighted by Gasteiger charge is 2.78. The summed E-state index contributed by atoms with van der Waals surface area (Å²) < 4.78 is 37.1. The van der Waals surface area contributed by atoms with Crippen LogP contribution < -0.4 is 32.3 Å². The number of esters is 3. The molecule has 4 aromatic rings. The van der Waals surface area contributed by atoms with Crippen LogP contribution in [-0.4, -0.2) is 191 Å². The molecule has 4 aromatic carbocycles. The van der Waals surface area contributed by atoms with Gasteiger partial charge in [-0.3, -0.25) is 43.2 Å². The van der Waals surface area contributed by atoms with E-state index in [1.165, 1.54) is 45.0 Å². The topological polar surface area (TPSA) is 410 Å². The predicted molar refractivity (Wildman–Crippen MR) is 390 cm³/mol. The number of ether oxygens (including phenoxy) is 6. The molecular weight excluding hydrogens is 1400 g/mol. The van der Waals surface area contributed by atoms with Gasteiger partial charge >= 0.3 is 36.1 Å². The van der Waals surface area contributed by atoms with E-state index in [2.05, 4.69) is 26.6 Å². The molecule has 108 heavy (non-hydrogen) atoms. The number of ketones is 3. The number of aliphatic hydroxyl groups is 2. The first-order valence-electron chi connectivity index (χ1n) is 36.1. The maximum atomic E-state index is 16.7. The van der Waals surface area contributed by atoms with Crippen molar-refractivity contribution in [1.82, 2.24) is 31.1 Å². The van der Waals surface area contributed by atoms with Crippen molar-refractivity contribution < 1.29 is 101 Å². The van der Waals surface area contributed by atoms with E-state index >= 15 is 9.59 Å². The third-order valence-corrected chi connectivity index (χ3v) is 21.3. The van der Waals surface area contributed by atoms with Crippen molar-refractivity contribution in [3.8, 4) is 0 Å². The second-order valence-electron chi connectivity index (χ2n) is 29.6. The number of hydrogen-bond acceptors (Lipinski definition) is 21. The number of nitrogens with one attached hydrogen (secondary N) is 5. The largest absolute Gasteiger partial charge is 0.456 e. The minimum Gasteiger partial charge on any atom is -0.456 e. The van der Waals surface area contributed by atoms with Crippen molar-refractivity contribution in [3.05, 3.63) is 149 Å². The number of amides is 8. The zero-order chi connectivity index (χ0) is 79.3. The smallest absolute Gasteiger partial charge is 0.409 e. The van der Waals surface area contributed by atoms with E-state index in [9.17, 15) is 63.0 Å². The molecule has 3 fully saturated rings. The molecule has 0 spiro atoms. The van der Waals surface area contributed by atoms with Crippen molar-refractivity contribution in [2.75, 3.05) is 45.7 Å². The Labute approximate surface area is 627 Å². The maximum Gasteiger partial charge on any atom is 0.409 e. The van der Waals surface area contributed by atoms with Gasteiger partial charge in [0, 0.05) is 120 Å². The molecule has 2 saturated carbocycles. The fourth-order valence-corrected chi connectivity index (χ4v) is 15.2. The zero-order valence-corrected chi connectivity index (χ0v) is 63.0. The third-order valence-electron chi connectivity index (χ3n) is 21.3. The van der Waals surface area contributed by atoms with E-state index in [-0.39, 0.29) is 98.9 Å². The molecule has 1 aliphatic heterocycles. The number of nitrogens with zero attached hydrogens (tertiary/aromatic N) is 2. The molecule has 9 N–H and O–H groups in total. The highest BCUT2D eigenvalue weighted by Crippen LogP contribution is 2.67. The summed E-state index contributed by atoms with van der Waals surface area (Å²) >= 11 is 0. The predicted octanol–water partition coefficient (Wildman–Crippen LogP) is 6.76. The summed E-state index contributed by atoms with van der Waals surface area (Å²) in [7, 11) is 2.79. The number of anilines is 1. The Balaban J connectivity index is 1.02. The van der Waals surface area contributed by atoms with Crippen LogP contribution in [0.1, 0.15) is 152 Å². The van der Waals surface area contributed by atoms with Gasteiger partial charge in [-0.05, 0) is 79.1 Å². The molecule has 2 bridgehead atoms. The average molecular weight is 1500 g/mol. The summed E-state index contributed by atoms with van der Waals surface area (Å²) in [6, 6.07) is 26.2. The molecule has 582 valence electrons. The monoisotopic (exact) mass is 1500 g/mol. The Morgan fingerprint density at radius 2 is 1.32 bits per heavy atom. The van der Waals surface area contributed by atoms with Gasteiger partial charge in [0.05, 0.1) is 23.7 Å². The van der Waals surface area contributed by atoms with Gasteiger partial charge in [-0.15, -0.1) is 0 Å². The first-order valence-corrected chi connectivity index (χ1v) is 36.1. The fourth-order valence-electron chi connectivity index (χ4n) is 15.2. The molecule has 8 amide bonds. The van der Waals surface area contributed by atoms with Crippen molar-refractivity contribution in [2.45, 2.75) is 181 Å². The quantitative estimate of drug-likeness (QED) is 0.00847. The summed E-state index contributed by atoms with van der Waals surface area (Å²) in [6.45, 7) is 14.3. The molecule has 29 heteroatoms. The van der Waals surface area contributed by atoms with Gasteiger partial charge in [-0.25, -0.2) is 19.2 Å². The highest BCUT2D eigenvalue weighted by molar-refractivity contribution is 6.00. The van der Waals surface area contributed by atoms with Crippen LogP contribution in [-0.2, 0) is 73.4 Å². The van der Waals surface area contributed by atoms with E-state index in [0.717, 1.165) is 18.7 Å². The van der Waals surface area contributed by atoms with E-state index in [1.807, 2.05) is 0 Å². The number of benzene rings is 4. The van der Waals surface area contributed by atoms with Crippen LogP contribution in [0.5, 0.6) is 0 Å². The van der Waals surface area contributed by atoms with Crippen LogP contribution >= 0.6 is 0 Å². The number of rotatable bonds is 31. The Kier molecular flexibility index (Phi) is 27.4. The molecule has 1 saturated heterocycles. The Morgan fingerprint density at radius 3 is 1.89 bits per heavy atom. The van der Waals surface area contributed by atoms with Gasteiger partial charge in [0.2, 0.25) is 17.7 Å². The Morgan fingerprint density at radius 1 is 0.722 bits per heavy atom. The van der Waals surface area contributed by atoms with Crippen molar-refractivity contribution in [3.63, 3.8) is 0 Å². The average Bonchev–Trinajstić information content (AvgIpc) is 0.667. The summed E-state index contributed by atoms with van der Waals surface area (Å²) in [6.07, 6.45) is -11.5. The summed E-state index contributed by atoms with van der Waals surface area (Å²) in [5.74, 6) is -10.8. The number of carbonyl (C=O) groups is 13. The lowest BCUT2D eigenvalue weighted by Crippen LogP contribution is -2.80. The SMILES string of the molecule is CC(=O)O[C@H]1C(=O)[C@]2(C)[C@@H](OC(=O)N(C)CCN(C)C(=O)OCc3ccc(NC(=O)[C@H](CCCNC(N)=O)NC(=O)[C@@H](NC(=O)CCC(=O)C(C)C)C(C)C)cc3)C[C@H]3OC[C@@]3(OC(C)=O)[C@H]2[C@H](CC(=O)c2ccccc2)[C@]2(O)C[C@H](OC(=O)[C@H](O)[C@@H](NC(=O)c3ccccc3)c3ccccc3)C(C)=C1C2(C)C. The van der Waals surface area contributed by atoms with Crippen LogP contribution in [0.4, 0.5) is 20.1 Å². The minimum atomic E-state index is -2.37. The summed E-state index contributed by atoms with van der Waals surface area (Å²) in [5.41, 5.74) is -1.32. The molecule has 13 atom stereocenters. The lowest BCUT2D eigenvalue weighted by molar-refractivity contribution is -0.339. The summed E-state index contributed by atoms with van der Waals surface area (Å²) in [5, 5.41) is 39.9. The number of urea groups is 1. The first-order chi connectivity index (χ1) is 50.9. The number of nitrogens with two attached hydrogens (primary N) is 1. The molecule has 0 aromatic heterocycles. The number of carbonyl (C=O) groups excluding carboxylic acids is 13. The van der Waals surface area contributed by atoms with Crippen LogP contribution in [0.15, 0.2) is 126 Å². The van der Waals surface area contributed by atoms with Crippen LogP contribution in [0.3, 0.4) is 0 Å². The van der Waals surface area contributed by atoms with E-state index < -0.39 is 173 Å². The molecule has 0 radical (unpaired) electrons. The molecule has 0 unspecified atom stereocenters. The number of Topliss-reactive ketones (excluding diaryl/α,β-unsaturated/α-hetero) is 3. The normalized spacial score (nSPS) is 23.6. The number of hydrogen-bond donors (Lipinski definition) is 8. The molecule has 29 nitrogen and oxygen atoms in total. The van der Waals surface area contributed by atoms with Gasteiger partial charge < -0.3 is 80.8 Å². The number of aliphatic hydroxyl groups excluding tert-OH is 1.